The SMILES string of the molecule is COc1cc(C)cc2cc(-c3cc(COCC(C)N)n4ncnc(N)c34)sc12. The molecule has 4 N–H and O–H groups in total. The molecule has 0 bridgehead atoms. The Balaban J connectivity index is 1.85. The van der Waals surface area contributed by atoms with Gasteiger partial charge >= 0.3 is 0 Å². The Hall–Kier alpha value is -2.68. The molecule has 28 heavy (non-hydrogen) atoms. The molecule has 0 saturated carbocycles. The van der Waals surface area contributed by atoms with Gasteiger partial charge in [-0.25, -0.2) is 9.50 Å². The number of nitrogens with zero attached hydrogens (tertiary/aromatic N) is 3. The zero-order valence-corrected chi connectivity index (χ0v) is 16.9. The Kier molecular flexibility index (Phi) is 4.92. The van der Waals surface area contributed by atoms with Gasteiger partial charge in [0, 0.05) is 16.5 Å². The van der Waals surface area contributed by atoms with Gasteiger partial charge in [-0.15, -0.1) is 11.3 Å². The number of rotatable bonds is 6. The second-order valence-electron chi connectivity index (χ2n) is 6.94. The van der Waals surface area contributed by atoms with Crippen LogP contribution in [0, 0.1) is 6.92 Å². The van der Waals surface area contributed by atoms with Crippen LogP contribution in [0.4, 0.5) is 5.82 Å². The molecule has 1 unspecified atom stereocenters. The average molecular weight is 398 g/mol. The number of hydrogen-bond acceptors (Lipinski definition) is 7. The second kappa shape index (κ2) is 7.38. The molecule has 0 aliphatic rings. The first kappa shape index (κ1) is 18.7. The number of ether oxygens (including phenoxy) is 2. The van der Waals surface area contributed by atoms with Crippen LogP contribution in [0.25, 0.3) is 26.0 Å². The van der Waals surface area contributed by atoms with Crippen molar-refractivity contribution < 1.29 is 9.47 Å². The number of thiophene rings is 1. The fraction of sp³-hybridized carbons (Fsp3) is 0.300. The number of fused-ring (bicyclic) bond motifs is 2. The minimum absolute atomic E-state index is 0.0244. The minimum Gasteiger partial charge on any atom is -0.495 e. The van der Waals surface area contributed by atoms with E-state index in [4.69, 9.17) is 20.9 Å². The van der Waals surface area contributed by atoms with Crippen molar-refractivity contribution >= 4 is 32.8 Å². The van der Waals surface area contributed by atoms with E-state index in [1.54, 1.807) is 23.0 Å². The molecule has 0 fully saturated rings. The number of hydrogen-bond donors (Lipinski definition) is 2. The maximum Gasteiger partial charge on any atom is 0.152 e. The van der Waals surface area contributed by atoms with Crippen molar-refractivity contribution in [2.24, 2.45) is 5.73 Å². The molecule has 1 aromatic carbocycles. The lowest BCUT2D eigenvalue weighted by Gasteiger charge is -2.06. The van der Waals surface area contributed by atoms with E-state index in [0.717, 1.165) is 43.1 Å². The van der Waals surface area contributed by atoms with E-state index in [-0.39, 0.29) is 6.04 Å². The van der Waals surface area contributed by atoms with Crippen LogP contribution in [0.3, 0.4) is 0 Å². The predicted molar refractivity (Wildman–Crippen MR) is 113 cm³/mol. The van der Waals surface area contributed by atoms with Gasteiger partial charge in [0.25, 0.3) is 0 Å². The third-order valence-electron chi connectivity index (χ3n) is 4.50. The monoisotopic (exact) mass is 397 g/mol. The van der Waals surface area contributed by atoms with Crippen LogP contribution in [-0.2, 0) is 11.3 Å². The lowest BCUT2D eigenvalue weighted by molar-refractivity contribution is 0.108. The lowest BCUT2D eigenvalue weighted by Crippen LogP contribution is -2.21. The van der Waals surface area contributed by atoms with Gasteiger partial charge in [0.1, 0.15) is 17.6 Å². The summed E-state index contributed by atoms with van der Waals surface area (Å²) in [5.74, 6) is 1.31. The van der Waals surface area contributed by atoms with E-state index in [1.807, 2.05) is 13.0 Å². The van der Waals surface area contributed by atoms with Crippen molar-refractivity contribution in [3.8, 4) is 16.2 Å². The summed E-state index contributed by atoms with van der Waals surface area (Å²) in [6, 6.07) is 8.40. The third kappa shape index (κ3) is 3.30. The summed E-state index contributed by atoms with van der Waals surface area (Å²) in [6.45, 7) is 4.84. The van der Waals surface area contributed by atoms with E-state index in [1.165, 1.54) is 6.33 Å². The molecule has 0 spiro atoms. The maximum absolute atomic E-state index is 6.21. The Morgan fingerprint density at radius 1 is 1.25 bits per heavy atom. The van der Waals surface area contributed by atoms with Crippen LogP contribution in [-0.4, -0.2) is 34.4 Å². The van der Waals surface area contributed by atoms with E-state index >= 15 is 0 Å². The number of benzene rings is 1. The smallest absolute Gasteiger partial charge is 0.152 e. The van der Waals surface area contributed by atoms with Crippen molar-refractivity contribution in [1.29, 1.82) is 0 Å². The van der Waals surface area contributed by atoms with Crippen molar-refractivity contribution in [1.82, 2.24) is 14.6 Å². The molecule has 0 saturated heterocycles. The molecule has 1 atom stereocenters. The molecule has 3 aromatic heterocycles. The first-order valence-corrected chi connectivity index (χ1v) is 9.82. The molecule has 7 nitrogen and oxygen atoms in total. The van der Waals surface area contributed by atoms with Gasteiger partial charge in [0.15, 0.2) is 5.82 Å². The normalized spacial score (nSPS) is 12.7. The van der Waals surface area contributed by atoms with Crippen LogP contribution in [0.5, 0.6) is 5.75 Å². The van der Waals surface area contributed by atoms with Gasteiger partial charge in [-0.1, -0.05) is 6.07 Å². The highest BCUT2D eigenvalue weighted by Crippen LogP contribution is 2.42. The molecule has 3 heterocycles. The number of aryl methyl sites for hydroxylation is 1. The molecule has 4 aromatic rings. The Bertz CT molecular complexity index is 1150. The number of methoxy groups -OCH3 is 1. The summed E-state index contributed by atoms with van der Waals surface area (Å²) in [5.41, 5.74) is 15.8. The lowest BCUT2D eigenvalue weighted by atomic mass is 10.1. The Morgan fingerprint density at radius 3 is 2.82 bits per heavy atom. The van der Waals surface area contributed by atoms with Crippen molar-refractivity contribution in [2.75, 3.05) is 19.5 Å². The zero-order chi connectivity index (χ0) is 19.8. The van der Waals surface area contributed by atoms with Gasteiger partial charge in [-0.3, -0.25) is 0 Å². The Labute approximate surface area is 166 Å². The van der Waals surface area contributed by atoms with Crippen molar-refractivity contribution in [2.45, 2.75) is 26.5 Å². The quantitative estimate of drug-likeness (QED) is 0.517. The van der Waals surface area contributed by atoms with Gasteiger partial charge < -0.3 is 20.9 Å². The summed E-state index contributed by atoms with van der Waals surface area (Å²) >= 11 is 1.67. The maximum atomic E-state index is 6.21. The summed E-state index contributed by atoms with van der Waals surface area (Å²) in [7, 11) is 1.70. The van der Waals surface area contributed by atoms with Crippen LogP contribution in [0.15, 0.2) is 30.6 Å². The van der Waals surface area contributed by atoms with Crippen LogP contribution >= 0.6 is 11.3 Å². The molecule has 8 heteroatoms. The van der Waals surface area contributed by atoms with Gasteiger partial charge in [-0.2, -0.15) is 5.10 Å². The average Bonchev–Trinajstić information content (AvgIpc) is 3.23. The topological polar surface area (TPSA) is 101 Å². The molecule has 0 aliphatic carbocycles. The minimum atomic E-state index is -0.0244. The predicted octanol–water partition coefficient (Wildman–Crippen LogP) is 3.37. The van der Waals surface area contributed by atoms with Crippen molar-refractivity contribution in [3.05, 3.63) is 41.9 Å². The fourth-order valence-corrected chi connectivity index (χ4v) is 4.47. The van der Waals surface area contributed by atoms with Gasteiger partial charge in [0.2, 0.25) is 0 Å². The largest absolute Gasteiger partial charge is 0.495 e. The van der Waals surface area contributed by atoms with Gasteiger partial charge in [0.05, 0.1) is 30.7 Å². The van der Waals surface area contributed by atoms with E-state index in [0.29, 0.717) is 19.0 Å². The van der Waals surface area contributed by atoms with Crippen LogP contribution in [0.1, 0.15) is 18.2 Å². The number of nitrogen functional groups attached to an aromatic ring is 1. The molecule has 4 rings (SSSR count). The Morgan fingerprint density at radius 2 is 2.07 bits per heavy atom. The van der Waals surface area contributed by atoms with E-state index in [2.05, 4.69) is 35.2 Å². The molecule has 0 amide bonds. The highest BCUT2D eigenvalue weighted by molar-refractivity contribution is 7.22. The van der Waals surface area contributed by atoms with E-state index < -0.39 is 0 Å². The van der Waals surface area contributed by atoms with Crippen LogP contribution < -0.4 is 16.2 Å². The standard InChI is InChI=1S/C20H23N5O2S/c1-11-4-13-6-17(28-19(13)16(5-11)26-3)15-7-14(9-27-8-12(2)21)25-18(15)20(22)23-10-24-25/h4-7,10,12H,8-9,21H2,1-3H3,(H2,22,23,24). The molecule has 0 aliphatic heterocycles. The number of nitrogens with two attached hydrogens (primary N) is 2. The second-order valence-corrected chi connectivity index (χ2v) is 8.00. The fourth-order valence-electron chi connectivity index (χ4n) is 3.32. The zero-order valence-electron chi connectivity index (χ0n) is 16.1. The summed E-state index contributed by atoms with van der Waals surface area (Å²) < 4.78 is 14.2. The highest BCUT2D eigenvalue weighted by atomic mass is 32.1. The van der Waals surface area contributed by atoms with Crippen molar-refractivity contribution in [3.63, 3.8) is 0 Å². The van der Waals surface area contributed by atoms with Gasteiger partial charge in [-0.05, 0) is 43.0 Å². The number of aromatic nitrogens is 3. The molecular formula is C20H23N5O2S. The molecular weight excluding hydrogens is 374 g/mol. The first-order valence-electron chi connectivity index (χ1n) is 9.01. The summed E-state index contributed by atoms with van der Waals surface area (Å²) in [4.78, 5) is 5.26. The summed E-state index contributed by atoms with van der Waals surface area (Å²) in [5, 5.41) is 5.52. The summed E-state index contributed by atoms with van der Waals surface area (Å²) in [6.07, 6.45) is 1.46. The van der Waals surface area contributed by atoms with Crippen LogP contribution in [0.2, 0.25) is 0 Å². The van der Waals surface area contributed by atoms with E-state index in [9.17, 15) is 0 Å². The third-order valence-corrected chi connectivity index (χ3v) is 5.70. The molecule has 0 radical (unpaired) electrons. The number of anilines is 1. The first-order chi connectivity index (χ1) is 13.5. The highest BCUT2D eigenvalue weighted by Gasteiger charge is 2.18. The molecule has 146 valence electrons.